The zero-order chi connectivity index (χ0) is 28.4. The fraction of sp³-hybridized carbons (Fsp3) is 0.364. The number of nitrogens with zero attached hydrogens (tertiary/aromatic N) is 4. The number of oxazole rings is 1. The van der Waals surface area contributed by atoms with E-state index in [1.807, 2.05) is 61.5 Å². The predicted octanol–water partition coefficient (Wildman–Crippen LogP) is 6.15. The number of ether oxygens (including phenoxy) is 3. The number of methoxy groups -OCH3 is 1. The first-order chi connectivity index (χ1) is 20.1. The molecule has 0 atom stereocenters. The molecular formula is C33H40N4O4. The topological polar surface area (TPSA) is 63.4 Å². The van der Waals surface area contributed by atoms with Gasteiger partial charge in [0.15, 0.2) is 0 Å². The van der Waals surface area contributed by atoms with Gasteiger partial charge in [-0.05, 0) is 60.4 Å². The monoisotopic (exact) mass is 556 g/mol. The summed E-state index contributed by atoms with van der Waals surface area (Å²) >= 11 is 0. The van der Waals surface area contributed by atoms with Gasteiger partial charge in [0.1, 0.15) is 30.1 Å². The second kappa shape index (κ2) is 13.9. The maximum absolute atomic E-state index is 5.95. The van der Waals surface area contributed by atoms with Gasteiger partial charge in [0.2, 0.25) is 0 Å². The van der Waals surface area contributed by atoms with E-state index in [1.54, 1.807) is 13.4 Å². The second-order valence-corrected chi connectivity index (χ2v) is 10.5. The van der Waals surface area contributed by atoms with Crippen molar-refractivity contribution in [1.29, 1.82) is 0 Å². The maximum Gasteiger partial charge on any atom is 0.298 e. The van der Waals surface area contributed by atoms with Crippen LogP contribution >= 0.6 is 0 Å². The zero-order valence-corrected chi connectivity index (χ0v) is 24.3. The molecule has 216 valence electrons. The van der Waals surface area contributed by atoms with Gasteiger partial charge in [-0.2, -0.15) is 4.98 Å². The lowest BCUT2D eigenvalue weighted by molar-refractivity contribution is 0.0869. The van der Waals surface area contributed by atoms with Crippen LogP contribution in [0.25, 0.3) is 0 Å². The Morgan fingerprint density at radius 1 is 0.854 bits per heavy atom. The van der Waals surface area contributed by atoms with E-state index in [0.29, 0.717) is 38.9 Å². The number of aromatic nitrogens is 1. The van der Waals surface area contributed by atoms with Gasteiger partial charge in [0, 0.05) is 57.7 Å². The minimum Gasteiger partial charge on any atom is -0.497 e. The number of benzene rings is 3. The van der Waals surface area contributed by atoms with Gasteiger partial charge < -0.3 is 33.3 Å². The summed E-state index contributed by atoms with van der Waals surface area (Å²) < 4.78 is 23.1. The third-order valence-corrected chi connectivity index (χ3v) is 7.18. The van der Waals surface area contributed by atoms with Crippen LogP contribution in [0.1, 0.15) is 29.7 Å². The van der Waals surface area contributed by atoms with Crippen LogP contribution in [-0.4, -0.2) is 52.5 Å². The van der Waals surface area contributed by atoms with E-state index < -0.39 is 0 Å². The highest BCUT2D eigenvalue weighted by Crippen LogP contribution is 2.25. The molecule has 8 nitrogen and oxygen atoms in total. The molecule has 0 aliphatic carbocycles. The SMILES string of the molecule is COc1cccc(CN(Cc2ccc(N3CCCC3)cc2)c2nc(COCCOc3cccc(N(C)C)c3)co2)c1. The lowest BCUT2D eigenvalue weighted by atomic mass is 10.1. The molecule has 1 aliphatic heterocycles. The summed E-state index contributed by atoms with van der Waals surface area (Å²) in [6, 6.07) is 25.5. The van der Waals surface area contributed by atoms with E-state index in [4.69, 9.17) is 23.6 Å². The van der Waals surface area contributed by atoms with Gasteiger partial charge in [-0.25, -0.2) is 0 Å². The summed E-state index contributed by atoms with van der Waals surface area (Å²) in [4.78, 5) is 11.4. The van der Waals surface area contributed by atoms with Crippen LogP contribution in [0, 0.1) is 0 Å². The quantitative estimate of drug-likeness (QED) is 0.171. The molecule has 0 amide bonds. The van der Waals surface area contributed by atoms with Gasteiger partial charge in [-0.1, -0.05) is 30.3 Å². The van der Waals surface area contributed by atoms with Crippen LogP contribution < -0.4 is 24.2 Å². The van der Waals surface area contributed by atoms with Crippen LogP contribution in [0.2, 0.25) is 0 Å². The third kappa shape index (κ3) is 7.95. The molecule has 1 aliphatic rings. The molecule has 1 fully saturated rings. The highest BCUT2D eigenvalue weighted by atomic mass is 16.5. The Bertz CT molecular complexity index is 1370. The fourth-order valence-electron chi connectivity index (χ4n) is 4.94. The molecule has 0 bridgehead atoms. The first-order valence-electron chi connectivity index (χ1n) is 14.2. The molecule has 41 heavy (non-hydrogen) atoms. The predicted molar refractivity (Wildman–Crippen MR) is 163 cm³/mol. The average molecular weight is 557 g/mol. The molecule has 8 heteroatoms. The molecule has 2 heterocycles. The van der Waals surface area contributed by atoms with Crippen molar-refractivity contribution in [3.63, 3.8) is 0 Å². The van der Waals surface area contributed by atoms with Crippen molar-refractivity contribution in [1.82, 2.24) is 4.98 Å². The van der Waals surface area contributed by atoms with Gasteiger partial charge in [-0.3, -0.25) is 0 Å². The van der Waals surface area contributed by atoms with Crippen molar-refractivity contribution >= 4 is 17.4 Å². The van der Waals surface area contributed by atoms with Crippen molar-refractivity contribution in [2.45, 2.75) is 32.5 Å². The molecule has 1 aromatic heterocycles. The van der Waals surface area contributed by atoms with Crippen LogP contribution in [0.4, 0.5) is 17.4 Å². The van der Waals surface area contributed by atoms with Crippen molar-refractivity contribution in [2.24, 2.45) is 0 Å². The second-order valence-electron chi connectivity index (χ2n) is 10.5. The van der Waals surface area contributed by atoms with Crippen LogP contribution in [0.15, 0.2) is 83.5 Å². The minimum atomic E-state index is 0.349. The Hall–Kier alpha value is -4.17. The van der Waals surface area contributed by atoms with Crippen molar-refractivity contribution in [3.05, 3.63) is 95.9 Å². The summed E-state index contributed by atoms with van der Waals surface area (Å²) in [6.07, 6.45) is 4.21. The van der Waals surface area contributed by atoms with Gasteiger partial charge in [0.05, 0.1) is 20.3 Å². The Labute approximate surface area is 243 Å². The lowest BCUT2D eigenvalue weighted by Crippen LogP contribution is -2.23. The first-order valence-corrected chi connectivity index (χ1v) is 14.2. The van der Waals surface area contributed by atoms with Crippen molar-refractivity contribution in [2.75, 3.05) is 62.2 Å². The maximum atomic E-state index is 5.95. The van der Waals surface area contributed by atoms with Crippen molar-refractivity contribution < 1.29 is 18.6 Å². The van der Waals surface area contributed by atoms with Crippen molar-refractivity contribution in [3.8, 4) is 11.5 Å². The van der Waals surface area contributed by atoms with Crippen LogP contribution in [0.3, 0.4) is 0 Å². The van der Waals surface area contributed by atoms with E-state index >= 15 is 0 Å². The molecule has 0 unspecified atom stereocenters. The summed E-state index contributed by atoms with van der Waals surface area (Å²) in [6.45, 7) is 4.82. The number of hydrogen-bond donors (Lipinski definition) is 0. The molecule has 0 N–H and O–H groups in total. The summed E-state index contributed by atoms with van der Waals surface area (Å²) in [5.41, 5.74) is 5.44. The Morgan fingerprint density at radius 3 is 2.39 bits per heavy atom. The molecule has 0 spiro atoms. The smallest absolute Gasteiger partial charge is 0.298 e. The Balaban J connectivity index is 1.20. The van der Waals surface area contributed by atoms with E-state index in [9.17, 15) is 0 Å². The summed E-state index contributed by atoms with van der Waals surface area (Å²) in [5.74, 6) is 1.65. The van der Waals surface area contributed by atoms with Crippen LogP contribution in [0.5, 0.6) is 11.5 Å². The Morgan fingerprint density at radius 2 is 1.61 bits per heavy atom. The number of anilines is 3. The number of rotatable bonds is 14. The molecule has 5 rings (SSSR count). The van der Waals surface area contributed by atoms with E-state index in [1.165, 1.54) is 24.1 Å². The molecular weight excluding hydrogens is 516 g/mol. The zero-order valence-electron chi connectivity index (χ0n) is 24.3. The minimum absolute atomic E-state index is 0.349. The van der Waals surface area contributed by atoms with E-state index in [-0.39, 0.29) is 0 Å². The summed E-state index contributed by atoms with van der Waals surface area (Å²) in [7, 11) is 5.71. The molecule has 3 aromatic carbocycles. The highest BCUT2D eigenvalue weighted by Gasteiger charge is 2.17. The summed E-state index contributed by atoms with van der Waals surface area (Å²) in [5, 5.41) is 0. The van der Waals surface area contributed by atoms with E-state index in [2.05, 4.69) is 40.1 Å². The third-order valence-electron chi connectivity index (χ3n) is 7.18. The standard InChI is InChI=1S/C33H40N4O4/c1-35(2)30-9-7-11-32(21-30)40-19-18-39-24-28-25-41-33(34-28)37(23-27-8-6-10-31(20-27)38-3)22-26-12-14-29(15-13-26)36-16-4-5-17-36/h6-15,20-21,25H,4-5,16-19,22-24H2,1-3H3. The van der Waals surface area contributed by atoms with Gasteiger partial charge in [-0.15, -0.1) is 0 Å². The van der Waals surface area contributed by atoms with Gasteiger partial charge >= 0.3 is 0 Å². The van der Waals surface area contributed by atoms with Gasteiger partial charge in [0.25, 0.3) is 6.01 Å². The Kier molecular flexibility index (Phi) is 9.65. The van der Waals surface area contributed by atoms with Crippen LogP contribution in [-0.2, 0) is 24.4 Å². The molecule has 4 aromatic rings. The highest BCUT2D eigenvalue weighted by molar-refractivity contribution is 5.50. The lowest BCUT2D eigenvalue weighted by Gasteiger charge is -2.22. The average Bonchev–Trinajstić information content (AvgIpc) is 3.71. The van der Waals surface area contributed by atoms with E-state index in [0.717, 1.165) is 41.5 Å². The molecule has 1 saturated heterocycles. The number of hydrogen-bond acceptors (Lipinski definition) is 8. The normalized spacial score (nSPS) is 12.9. The fourth-order valence-corrected chi connectivity index (χ4v) is 4.94. The largest absolute Gasteiger partial charge is 0.497 e. The first kappa shape index (κ1) is 28.4. The molecule has 0 radical (unpaired) electrons. The molecule has 0 saturated carbocycles.